The molecule has 0 spiro atoms. The van der Waals surface area contributed by atoms with Gasteiger partial charge in [-0.2, -0.15) is 0 Å². The lowest BCUT2D eigenvalue weighted by Crippen LogP contribution is -2.51. The van der Waals surface area contributed by atoms with E-state index in [2.05, 4.69) is 26.0 Å². The molecule has 0 saturated carbocycles. The molecule has 1 aromatic carbocycles. The number of ether oxygens (including phenoxy) is 1. The average Bonchev–Trinajstić information content (AvgIpc) is 2.42. The number of carbonyl (C=O) groups excluding carboxylic acids is 1. The lowest BCUT2D eigenvalue weighted by atomic mass is 10.0. The maximum absolute atomic E-state index is 12.4. The van der Waals surface area contributed by atoms with E-state index in [1.807, 2.05) is 17.9 Å². The van der Waals surface area contributed by atoms with Gasteiger partial charge in [0.15, 0.2) is 0 Å². The minimum atomic E-state index is -0.0394. The number of nitrogens with zero attached hydrogens (tertiary/aromatic N) is 1. The summed E-state index contributed by atoms with van der Waals surface area (Å²) in [4.78, 5) is 14.3. The van der Waals surface area contributed by atoms with Crippen LogP contribution >= 0.6 is 0 Å². The van der Waals surface area contributed by atoms with Crippen molar-refractivity contribution in [3.63, 3.8) is 0 Å². The third-order valence-corrected chi connectivity index (χ3v) is 3.87. The molecule has 1 heterocycles. The van der Waals surface area contributed by atoms with E-state index >= 15 is 0 Å². The number of nitrogens with two attached hydrogens (primary N) is 1. The van der Waals surface area contributed by atoms with Crippen LogP contribution < -0.4 is 5.73 Å². The third kappa shape index (κ3) is 3.58. The molecule has 1 amide bonds. The Hall–Kier alpha value is -1.39. The second-order valence-electron chi connectivity index (χ2n) is 5.70. The van der Waals surface area contributed by atoms with Gasteiger partial charge in [0.1, 0.15) is 0 Å². The van der Waals surface area contributed by atoms with Gasteiger partial charge in [-0.15, -0.1) is 0 Å². The fraction of sp³-hybridized carbons (Fsp3) is 0.562. The molecule has 2 rings (SSSR count). The summed E-state index contributed by atoms with van der Waals surface area (Å²) < 4.78 is 5.68. The third-order valence-electron chi connectivity index (χ3n) is 3.87. The zero-order chi connectivity index (χ0) is 14.7. The number of hydrogen-bond donors (Lipinski definition) is 1. The molecule has 4 heteroatoms. The predicted molar refractivity (Wildman–Crippen MR) is 79.6 cm³/mol. The molecule has 1 aliphatic rings. The average molecular weight is 276 g/mol. The van der Waals surface area contributed by atoms with Gasteiger partial charge in [-0.1, -0.05) is 18.2 Å². The van der Waals surface area contributed by atoms with Gasteiger partial charge in [0.25, 0.3) is 0 Å². The molecule has 20 heavy (non-hydrogen) atoms. The highest BCUT2D eigenvalue weighted by Crippen LogP contribution is 2.14. The molecular formula is C16H24N2O2. The van der Waals surface area contributed by atoms with E-state index in [1.165, 1.54) is 11.1 Å². The Bertz CT molecular complexity index is 487. The zero-order valence-electron chi connectivity index (χ0n) is 12.6. The normalized spacial score (nSPS) is 22.9. The summed E-state index contributed by atoms with van der Waals surface area (Å²) >= 11 is 0. The highest BCUT2D eigenvalue weighted by atomic mass is 16.5. The molecule has 0 radical (unpaired) electrons. The van der Waals surface area contributed by atoms with Crippen molar-refractivity contribution in [3.05, 3.63) is 34.9 Å². The van der Waals surface area contributed by atoms with Crippen molar-refractivity contribution in [1.82, 2.24) is 4.90 Å². The molecule has 0 bridgehead atoms. The van der Waals surface area contributed by atoms with Crippen LogP contribution in [0, 0.1) is 13.8 Å². The van der Waals surface area contributed by atoms with Crippen LogP contribution in [0.15, 0.2) is 18.2 Å². The molecule has 110 valence electrons. The van der Waals surface area contributed by atoms with Crippen LogP contribution in [0.1, 0.15) is 23.6 Å². The van der Waals surface area contributed by atoms with Crippen LogP contribution in [0.2, 0.25) is 0 Å². The molecule has 1 aromatic rings. The summed E-state index contributed by atoms with van der Waals surface area (Å²) in [5.74, 6) is 0.154. The Labute approximate surface area is 120 Å². The summed E-state index contributed by atoms with van der Waals surface area (Å²) in [6.07, 6.45) is 0.467. The van der Waals surface area contributed by atoms with Gasteiger partial charge < -0.3 is 15.4 Å². The largest absolute Gasteiger partial charge is 0.370 e. The fourth-order valence-electron chi connectivity index (χ4n) is 2.58. The van der Waals surface area contributed by atoms with Gasteiger partial charge >= 0.3 is 0 Å². The van der Waals surface area contributed by atoms with E-state index in [4.69, 9.17) is 10.5 Å². The minimum absolute atomic E-state index is 0.0394. The quantitative estimate of drug-likeness (QED) is 0.908. The van der Waals surface area contributed by atoms with E-state index < -0.39 is 0 Å². The first-order valence-electron chi connectivity index (χ1n) is 7.19. The van der Waals surface area contributed by atoms with E-state index in [1.54, 1.807) is 0 Å². The molecule has 2 N–H and O–H groups in total. The molecule has 1 saturated heterocycles. The van der Waals surface area contributed by atoms with Crippen molar-refractivity contribution in [2.45, 2.75) is 39.4 Å². The van der Waals surface area contributed by atoms with E-state index in [0.29, 0.717) is 26.1 Å². The fourth-order valence-corrected chi connectivity index (χ4v) is 2.58. The van der Waals surface area contributed by atoms with Gasteiger partial charge in [0.2, 0.25) is 5.91 Å². The highest BCUT2D eigenvalue weighted by molar-refractivity contribution is 5.79. The summed E-state index contributed by atoms with van der Waals surface area (Å²) in [6.45, 7) is 7.85. The van der Waals surface area contributed by atoms with Gasteiger partial charge in [-0.3, -0.25) is 4.79 Å². The van der Waals surface area contributed by atoms with Crippen LogP contribution in [0.25, 0.3) is 0 Å². The number of amides is 1. The maximum atomic E-state index is 12.4. The van der Waals surface area contributed by atoms with Gasteiger partial charge in [0.05, 0.1) is 18.6 Å². The SMILES string of the molecule is Cc1ccc(CC(=O)N2CC(C)OC(CN)C2)cc1C. The van der Waals surface area contributed by atoms with Crippen LogP contribution in [0.4, 0.5) is 0 Å². The van der Waals surface area contributed by atoms with E-state index in [-0.39, 0.29) is 18.1 Å². The number of morpholine rings is 1. The van der Waals surface area contributed by atoms with Crippen LogP contribution in [0.3, 0.4) is 0 Å². The topological polar surface area (TPSA) is 55.6 Å². The number of aryl methyl sites for hydroxylation is 2. The van der Waals surface area contributed by atoms with Crippen LogP contribution in [0.5, 0.6) is 0 Å². The van der Waals surface area contributed by atoms with Crippen molar-refractivity contribution in [3.8, 4) is 0 Å². The first-order valence-corrected chi connectivity index (χ1v) is 7.19. The maximum Gasteiger partial charge on any atom is 0.227 e. The second-order valence-corrected chi connectivity index (χ2v) is 5.70. The van der Waals surface area contributed by atoms with E-state index in [9.17, 15) is 4.79 Å². The van der Waals surface area contributed by atoms with Gasteiger partial charge in [-0.25, -0.2) is 0 Å². The number of carbonyl (C=O) groups is 1. The predicted octanol–water partition coefficient (Wildman–Crippen LogP) is 1.42. The molecule has 0 aliphatic carbocycles. The second kappa shape index (κ2) is 6.37. The lowest BCUT2D eigenvalue weighted by molar-refractivity contribution is -0.142. The lowest BCUT2D eigenvalue weighted by Gasteiger charge is -2.36. The molecule has 1 fully saturated rings. The summed E-state index contributed by atoms with van der Waals surface area (Å²) in [6, 6.07) is 6.20. The monoisotopic (exact) mass is 276 g/mol. The van der Waals surface area contributed by atoms with E-state index in [0.717, 1.165) is 5.56 Å². The molecule has 1 aliphatic heterocycles. The standard InChI is InChI=1S/C16H24N2O2/c1-11-4-5-14(6-12(11)2)7-16(19)18-9-13(3)20-15(8-17)10-18/h4-6,13,15H,7-10,17H2,1-3H3. The van der Waals surface area contributed by atoms with Crippen LogP contribution in [-0.2, 0) is 16.0 Å². The van der Waals surface area contributed by atoms with Crippen molar-refractivity contribution in [1.29, 1.82) is 0 Å². The van der Waals surface area contributed by atoms with Crippen molar-refractivity contribution in [2.75, 3.05) is 19.6 Å². The van der Waals surface area contributed by atoms with Crippen molar-refractivity contribution < 1.29 is 9.53 Å². The molecule has 4 nitrogen and oxygen atoms in total. The van der Waals surface area contributed by atoms with Gasteiger partial charge in [-0.05, 0) is 37.5 Å². The minimum Gasteiger partial charge on any atom is -0.370 e. The Kier molecular flexibility index (Phi) is 4.78. The first kappa shape index (κ1) is 15.0. The zero-order valence-corrected chi connectivity index (χ0v) is 12.6. The molecule has 0 aromatic heterocycles. The smallest absolute Gasteiger partial charge is 0.227 e. The number of rotatable bonds is 3. The summed E-state index contributed by atoms with van der Waals surface area (Å²) in [5, 5.41) is 0. The Morgan fingerprint density at radius 3 is 2.75 bits per heavy atom. The number of benzene rings is 1. The van der Waals surface area contributed by atoms with Crippen molar-refractivity contribution in [2.24, 2.45) is 5.73 Å². The van der Waals surface area contributed by atoms with Crippen LogP contribution in [-0.4, -0.2) is 42.6 Å². The Morgan fingerprint density at radius 2 is 2.10 bits per heavy atom. The first-order chi connectivity index (χ1) is 9.49. The Morgan fingerprint density at radius 1 is 1.35 bits per heavy atom. The molecular weight excluding hydrogens is 252 g/mol. The molecule has 2 unspecified atom stereocenters. The Balaban J connectivity index is 2.01. The van der Waals surface area contributed by atoms with Gasteiger partial charge in [0, 0.05) is 19.6 Å². The summed E-state index contributed by atoms with van der Waals surface area (Å²) in [7, 11) is 0. The summed E-state index contributed by atoms with van der Waals surface area (Å²) in [5.41, 5.74) is 9.21. The molecule has 2 atom stereocenters. The van der Waals surface area contributed by atoms with Crippen molar-refractivity contribution >= 4 is 5.91 Å². The number of hydrogen-bond acceptors (Lipinski definition) is 3. The highest BCUT2D eigenvalue weighted by Gasteiger charge is 2.27.